The largest absolute Gasteiger partial charge is 1.00 e. The minimum atomic E-state index is 0. The second kappa shape index (κ2) is 12.2. The van der Waals surface area contributed by atoms with E-state index in [1.165, 1.54) is 45.9 Å². The second-order valence-corrected chi connectivity index (χ2v) is 8.47. The van der Waals surface area contributed by atoms with Gasteiger partial charge in [0.25, 0.3) is 0 Å². The van der Waals surface area contributed by atoms with Gasteiger partial charge in [-0.2, -0.15) is 0 Å². The second-order valence-electron chi connectivity index (χ2n) is 7.48. The smallest absolute Gasteiger partial charge is 1.00 e. The van der Waals surface area contributed by atoms with Crippen molar-refractivity contribution in [1.29, 1.82) is 0 Å². The molecule has 1 aliphatic carbocycles. The van der Waals surface area contributed by atoms with Crippen molar-refractivity contribution >= 4 is 16.3 Å². The molecule has 149 valence electrons. The number of fused-ring (bicyclic) bond motifs is 1. The monoisotopic (exact) mass is 451 g/mol. The summed E-state index contributed by atoms with van der Waals surface area (Å²) in [7, 11) is 4.27. The molecule has 5 heteroatoms. The molecule has 0 N–H and O–H groups in total. The zero-order valence-electron chi connectivity index (χ0n) is 17.0. The van der Waals surface area contributed by atoms with Crippen LogP contribution in [-0.4, -0.2) is 35.5 Å². The maximum Gasteiger partial charge on any atom is -1.00 e. The number of likely N-dealkylation sites (N-methyl/N-ethyl adjacent to an activating group) is 1. The van der Waals surface area contributed by atoms with Crippen molar-refractivity contribution in [3.05, 3.63) is 65.3 Å². The molecule has 0 atom stereocenters. The van der Waals surface area contributed by atoms with E-state index in [1.54, 1.807) is 0 Å². The molecule has 0 saturated carbocycles. The average molecular weight is 452 g/mol. The number of hydrogen-bond donors (Lipinski definition) is 0. The van der Waals surface area contributed by atoms with Crippen LogP contribution in [0.4, 0.5) is 0 Å². The van der Waals surface area contributed by atoms with Gasteiger partial charge in [-0.15, -0.1) is 0 Å². The van der Waals surface area contributed by atoms with Crippen LogP contribution < -0.4 is 24.8 Å². The molecule has 28 heavy (non-hydrogen) atoms. The molecule has 0 bridgehead atoms. The minimum absolute atomic E-state index is 0. The van der Waals surface area contributed by atoms with E-state index in [4.69, 9.17) is 0 Å². The maximum absolute atomic E-state index is 2.47. The molecular weight excluding hydrogens is 423 g/mol. The van der Waals surface area contributed by atoms with Crippen LogP contribution in [0.3, 0.4) is 0 Å². The van der Waals surface area contributed by atoms with Crippen molar-refractivity contribution in [2.45, 2.75) is 32.7 Å². The van der Waals surface area contributed by atoms with Gasteiger partial charge in [0.15, 0.2) is 0 Å². The van der Waals surface area contributed by atoms with Crippen LogP contribution in [0.2, 0.25) is 0 Å². The summed E-state index contributed by atoms with van der Waals surface area (Å²) in [6.07, 6.45) is 8.34. The van der Waals surface area contributed by atoms with E-state index >= 15 is 0 Å². The van der Waals surface area contributed by atoms with E-state index in [-0.39, 0.29) is 24.8 Å². The molecule has 1 aliphatic rings. The topological polar surface area (TPSA) is 6.48 Å². The van der Waals surface area contributed by atoms with Gasteiger partial charge in [0.05, 0.1) is 0 Å². The van der Waals surface area contributed by atoms with Crippen LogP contribution in [0.1, 0.15) is 37.3 Å². The predicted octanol–water partition coefficient (Wildman–Crippen LogP) is -0.813. The summed E-state index contributed by atoms with van der Waals surface area (Å²) >= 11 is 2.25. The zero-order chi connectivity index (χ0) is 18.5. The van der Waals surface area contributed by atoms with Gasteiger partial charge in [-0.1, -0.05) is 0 Å². The Morgan fingerprint density at radius 1 is 1.00 bits per heavy atom. The van der Waals surface area contributed by atoms with Gasteiger partial charge < -0.3 is 24.8 Å². The van der Waals surface area contributed by atoms with Crippen LogP contribution in [0.15, 0.2) is 54.1 Å². The van der Waals surface area contributed by atoms with Crippen LogP contribution in [-0.2, 0) is 27.2 Å². The van der Waals surface area contributed by atoms with E-state index in [1.807, 2.05) is 0 Å². The van der Waals surface area contributed by atoms with Gasteiger partial charge in [-0.05, 0) is 0 Å². The molecule has 2 nitrogen and oxygen atoms in total. The number of hydrogen-bond acceptors (Lipinski definition) is 2. The number of halogens is 2. The molecule has 3 rings (SSSR count). The Balaban J connectivity index is 0.00000196. The molecular formula is C23H29Cl2N2Ti. The average Bonchev–Trinajstić information content (AvgIpc) is 3.07. The van der Waals surface area contributed by atoms with E-state index in [2.05, 4.69) is 98.5 Å². The Hall–Kier alpha value is -0.606. The van der Waals surface area contributed by atoms with Gasteiger partial charge in [0, 0.05) is 0 Å². The molecule has 0 saturated heterocycles. The van der Waals surface area contributed by atoms with Gasteiger partial charge in [-0.3, -0.25) is 0 Å². The molecule has 0 aliphatic heterocycles. The third-order valence-corrected chi connectivity index (χ3v) is 5.56. The van der Waals surface area contributed by atoms with Crippen molar-refractivity contribution in [2.75, 3.05) is 27.2 Å². The fraction of sp³-hybridized carbons (Fsp3) is 0.391. The quantitative estimate of drug-likeness (QED) is 0.484. The molecule has 0 radical (unpaired) electrons. The Morgan fingerprint density at radius 3 is 2.46 bits per heavy atom. The molecule has 0 spiro atoms. The maximum atomic E-state index is 2.47. The van der Waals surface area contributed by atoms with Gasteiger partial charge in [0.2, 0.25) is 0 Å². The number of rotatable bonds is 8. The summed E-state index contributed by atoms with van der Waals surface area (Å²) in [5.41, 5.74) is 5.81. The van der Waals surface area contributed by atoms with Crippen molar-refractivity contribution in [3.8, 4) is 0 Å². The van der Waals surface area contributed by atoms with Crippen molar-refractivity contribution in [1.82, 2.24) is 8.28 Å². The first-order chi connectivity index (χ1) is 12.6. The van der Waals surface area contributed by atoms with Gasteiger partial charge >= 0.3 is 170 Å². The van der Waals surface area contributed by atoms with Crippen molar-refractivity contribution < 1.29 is 45.5 Å². The Kier molecular flexibility index (Phi) is 11.1. The summed E-state index contributed by atoms with van der Waals surface area (Å²) in [6, 6.07) is 13.4. The van der Waals surface area contributed by atoms with Crippen molar-refractivity contribution in [2.24, 2.45) is 0 Å². The van der Waals surface area contributed by atoms with Crippen LogP contribution in [0.25, 0.3) is 16.3 Å². The fourth-order valence-corrected chi connectivity index (χ4v) is 4.17. The number of benzene rings is 2. The number of unbranched alkanes of at least 4 members (excludes halogenated alkanes) is 1. The first-order valence-corrected chi connectivity index (χ1v) is 10.3. The Morgan fingerprint density at radius 2 is 1.75 bits per heavy atom. The van der Waals surface area contributed by atoms with E-state index in [0.717, 1.165) is 26.1 Å². The van der Waals surface area contributed by atoms with Gasteiger partial charge in [0.1, 0.15) is 0 Å². The fourth-order valence-electron chi connectivity index (χ4n) is 3.67. The minimum Gasteiger partial charge on any atom is -1.00 e. The molecule has 2 aromatic carbocycles. The summed E-state index contributed by atoms with van der Waals surface area (Å²) in [4.78, 5) is 2.24. The van der Waals surface area contributed by atoms with Crippen LogP contribution >= 0.6 is 0 Å². The Labute approximate surface area is 194 Å². The summed E-state index contributed by atoms with van der Waals surface area (Å²) < 4.78 is 2.47. The standard InChI is InChI=1S/C23H29N2.2ClH.Ti/c1-4-5-14-24-16-23-21-9-7-6-8-19(21)12-13-22(23)20-11-10-18(15-20)17-25(2)3;;;/h6-10,12-13,15H,4-5,11,14,16-17H2,1-3H3;2*1H;/q-1;;;+3/p-2. The van der Waals surface area contributed by atoms with Crippen LogP contribution in [0, 0.1) is 0 Å². The summed E-state index contributed by atoms with van der Waals surface area (Å²) in [5.74, 6) is 0. The predicted molar refractivity (Wildman–Crippen MR) is 108 cm³/mol. The third-order valence-electron chi connectivity index (χ3n) is 4.96. The molecule has 0 amide bonds. The third kappa shape index (κ3) is 6.45. The first kappa shape index (κ1) is 25.4. The normalized spacial score (nSPS) is 13.4. The number of allylic oxidation sites excluding steroid dienone is 2. The van der Waals surface area contributed by atoms with Crippen LogP contribution in [0.5, 0.6) is 0 Å². The van der Waals surface area contributed by atoms with E-state index in [0.29, 0.717) is 0 Å². The van der Waals surface area contributed by atoms with E-state index in [9.17, 15) is 0 Å². The molecule has 0 aromatic heterocycles. The SMILES string of the molecule is CCCC[N]([Ti+2])Cc1c(C2=CC(CN(C)C)=CC2)ccc2ccccc12.[Cl-].[Cl-]. The molecule has 2 aromatic rings. The summed E-state index contributed by atoms with van der Waals surface area (Å²) in [6.45, 7) is 5.45. The molecule has 0 unspecified atom stereocenters. The number of nitrogens with zero attached hydrogens (tertiary/aromatic N) is 2. The van der Waals surface area contributed by atoms with Gasteiger partial charge in [-0.25, -0.2) is 0 Å². The molecule has 0 fully saturated rings. The molecule has 0 heterocycles. The Bertz CT molecular complexity index is 830. The van der Waals surface area contributed by atoms with E-state index < -0.39 is 0 Å². The zero-order valence-corrected chi connectivity index (χ0v) is 20.1. The van der Waals surface area contributed by atoms with Crippen molar-refractivity contribution in [3.63, 3.8) is 0 Å². The summed E-state index contributed by atoms with van der Waals surface area (Å²) in [5, 5.41) is 2.74. The first-order valence-electron chi connectivity index (χ1n) is 9.60.